The van der Waals surface area contributed by atoms with Crippen LogP contribution in [0.3, 0.4) is 0 Å². The maximum Gasteiger partial charge on any atom is 0.134 e. The lowest BCUT2D eigenvalue weighted by atomic mass is 10.1. The fourth-order valence-electron chi connectivity index (χ4n) is 2.65. The van der Waals surface area contributed by atoms with Gasteiger partial charge in [-0.2, -0.15) is 0 Å². The highest BCUT2D eigenvalue weighted by atomic mass is 15.4. The molecule has 0 bridgehead atoms. The molecule has 1 aliphatic heterocycles. The molecule has 0 aliphatic carbocycles. The van der Waals surface area contributed by atoms with Crippen molar-refractivity contribution in [2.75, 3.05) is 0 Å². The molecule has 1 aromatic carbocycles. The number of aryl methyl sites for hydroxylation is 1. The molecular weight excluding hydrogens is 250 g/mol. The summed E-state index contributed by atoms with van der Waals surface area (Å²) in [6.45, 7) is 1.96. The minimum atomic E-state index is 0.674. The van der Waals surface area contributed by atoms with Gasteiger partial charge in [-0.1, -0.05) is 17.3 Å². The Morgan fingerprint density at radius 2 is 2.00 bits per heavy atom. The van der Waals surface area contributed by atoms with Crippen molar-refractivity contribution in [2.45, 2.75) is 13.3 Å². The van der Waals surface area contributed by atoms with Crippen LogP contribution in [-0.4, -0.2) is 24.5 Å². The maximum atomic E-state index is 5.56. The lowest BCUT2D eigenvalue weighted by molar-refractivity contribution is 0.777. The van der Waals surface area contributed by atoms with Crippen LogP contribution in [0, 0.1) is 19.3 Å². The van der Waals surface area contributed by atoms with Crippen LogP contribution in [0.2, 0.25) is 0 Å². The van der Waals surface area contributed by atoms with Crippen molar-refractivity contribution < 1.29 is 0 Å². The van der Waals surface area contributed by atoms with E-state index in [1.54, 1.807) is 6.33 Å². The monoisotopic (exact) mass is 261 g/mol. The van der Waals surface area contributed by atoms with Crippen LogP contribution in [0.15, 0.2) is 30.6 Å². The lowest BCUT2D eigenvalue weighted by Gasteiger charge is -2.08. The van der Waals surface area contributed by atoms with Crippen molar-refractivity contribution in [3.63, 3.8) is 0 Å². The Morgan fingerprint density at radius 1 is 1.20 bits per heavy atom. The van der Waals surface area contributed by atoms with Gasteiger partial charge in [-0.05, 0) is 25.0 Å². The van der Waals surface area contributed by atoms with Gasteiger partial charge in [-0.3, -0.25) is 4.57 Å². The summed E-state index contributed by atoms with van der Waals surface area (Å²) in [7, 11) is 0. The summed E-state index contributed by atoms with van der Waals surface area (Å²) in [5, 5.41) is 8.44. The molecular formula is C15H11N5. The average Bonchev–Trinajstić information content (AvgIpc) is 3.01. The molecule has 4 rings (SSSR count). The molecule has 0 radical (unpaired) electrons. The van der Waals surface area contributed by atoms with Gasteiger partial charge >= 0.3 is 0 Å². The van der Waals surface area contributed by atoms with Crippen LogP contribution in [0.5, 0.6) is 0 Å². The van der Waals surface area contributed by atoms with Gasteiger partial charge in [-0.25, -0.2) is 9.67 Å². The predicted molar refractivity (Wildman–Crippen MR) is 74.0 cm³/mol. The highest BCUT2D eigenvalue weighted by molar-refractivity contribution is 5.57. The third-order valence-corrected chi connectivity index (χ3v) is 3.66. The van der Waals surface area contributed by atoms with Gasteiger partial charge in [0.15, 0.2) is 0 Å². The standard InChI is InChI=1S/C15H11N5/c1-3-11-15-8-14-10(2)17-18-20(14)13-7-5-4-6-12(13)19(15)9-16-11/h1,4-7,9H,8H2,2H3. The smallest absolute Gasteiger partial charge is 0.134 e. The Morgan fingerprint density at radius 3 is 2.80 bits per heavy atom. The number of hydrogen-bond donors (Lipinski definition) is 0. The Hall–Kier alpha value is -2.87. The number of terminal acetylenes is 1. The normalized spacial score (nSPS) is 12.0. The van der Waals surface area contributed by atoms with E-state index in [9.17, 15) is 0 Å². The summed E-state index contributed by atoms with van der Waals surface area (Å²) in [4.78, 5) is 4.32. The molecule has 3 aromatic rings. The predicted octanol–water partition coefficient (Wildman–Crippen LogP) is 1.65. The Bertz CT molecular complexity index is 863. The molecule has 96 valence electrons. The number of nitrogens with zero attached hydrogens (tertiary/aromatic N) is 5. The molecule has 5 heteroatoms. The second-order valence-electron chi connectivity index (χ2n) is 4.75. The minimum Gasteiger partial charge on any atom is -0.299 e. The lowest BCUT2D eigenvalue weighted by Crippen LogP contribution is -2.02. The molecule has 3 heterocycles. The van der Waals surface area contributed by atoms with E-state index in [1.165, 1.54) is 0 Å². The fraction of sp³-hybridized carbons (Fsp3) is 0.133. The van der Waals surface area contributed by atoms with Crippen LogP contribution in [0.1, 0.15) is 22.8 Å². The summed E-state index contributed by atoms with van der Waals surface area (Å²) in [5.74, 6) is 2.65. The molecule has 0 unspecified atom stereocenters. The van der Waals surface area contributed by atoms with Crippen molar-refractivity contribution in [3.05, 3.63) is 53.4 Å². The van der Waals surface area contributed by atoms with Crippen LogP contribution in [0.25, 0.3) is 11.4 Å². The molecule has 5 nitrogen and oxygen atoms in total. The number of imidazole rings is 1. The third-order valence-electron chi connectivity index (χ3n) is 3.66. The summed E-state index contributed by atoms with van der Waals surface area (Å²) in [5.41, 5.74) is 5.64. The highest BCUT2D eigenvalue weighted by Crippen LogP contribution is 2.29. The molecule has 0 atom stereocenters. The van der Waals surface area contributed by atoms with Gasteiger partial charge in [0.2, 0.25) is 0 Å². The van der Waals surface area contributed by atoms with E-state index in [0.717, 1.165) is 28.5 Å². The highest BCUT2D eigenvalue weighted by Gasteiger charge is 2.23. The number of rotatable bonds is 0. The molecule has 0 fully saturated rings. The van der Waals surface area contributed by atoms with E-state index in [-0.39, 0.29) is 0 Å². The summed E-state index contributed by atoms with van der Waals surface area (Å²) in [6, 6.07) is 8.04. The summed E-state index contributed by atoms with van der Waals surface area (Å²) >= 11 is 0. The van der Waals surface area contributed by atoms with E-state index < -0.39 is 0 Å². The van der Waals surface area contributed by atoms with Crippen LogP contribution in [-0.2, 0) is 6.42 Å². The molecule has 0 amide bonds. The van der Waals surface area contributed by atoms with Crippen molar-refractivity contribution in [1.82, 2.24) is 24.5 Å². The first-order chi connectivity index (χ1) is 9.79. The van der Waals surface area contributed by atoms with E-state index in [2.05, 4.69) is 21.2 Å². The van der Waals surface area contributed by atoms with Crippen molar-refractivity contribution in [3.8, 4) is 23.7 Å². The molecule has 20 heavy (non-hydrogen) atoms. The largest absolute Gasteiger partial charge is 0.299 e. The number of benzene rings is 1. The number of aromatic nitrogens is 5. The van der Waals surface area contributed by atoms with Crippen LogP contribution in [0.4, 0.5) is 0 Å². The Balaban J connectivity index is 2.13. The number of fused-ring (bicyclic) bond motifs is 5. The summed E-state index contributed by atoms with van der Waals surface area (Å²) < 4.78 is 3.93. The van der Waals surface area contributed by atoms with Crippen LogP contribution < -0.4 is 0 Å². The third kappa shape index (κ3) is 1.30. The van der Waals surface area contributed by atoms with E-state index in [1.807, 2.05) is 40.4 Å². The van der Waals surface area contributed by atoms with Gasteiger partial charge in [0, 0.05) is 6.42 Å². The molecule has 0 N–H and O–H groups in total. The van der Waals surface area contributed by atoms with Crippen molar-refractivity contribution in [1.29, 1.82) is 0 Å². The molecule has 0 spiro atoms. The Kier molecular flexibility index (Phi) is 2.10. The molecule has 1 aliphatic rings. The SMILES string of the molecule is C#Cc1ncn2c1Cc1c(C)nnn1-c1ccccc1-2. The van der Waals surface area contributed by atoms with Gasteiger partial charge in [-0.15, -0.1) is 11.5 Å². The van der Waals surface area contributed by atoms with Gasteiger partial charge in [0.1, 0.15) is 12.0 Å². The molecule has 2 aromatic heterocycles. The zero-order valence-electron chi connectivity index (χ0n) is 10.9. The van der Waals surface area contributed by atoms with E-state index >= 15 is 0 Å². The fourth-order valence-corrected chi connectivity index (χ4v) is 2.65. The van der Waals surface area contributed by atoms with Gasteiger partial charge in [0.05, 0.1) is 28.5 Å². The quantitative estimate of drug-likeness (QED) is 0.452. The number of hydrogen-bond acceptors (Lipinski definition) is 3. The maximum absolute atomic E-state index is 5.56. The minimum absolute atomic E-state index is 0.674. The average molecular weight is 261 g/mol. The first-order valence-corrected chi connectivity index (χ1v) is 6.33. The first-order valence-electron chi connectivity index (χ1n) is 6.33. The van der Waals surface area contributed by atoms with Crippen molar-refractivity contribution >= 4 is 0 Å². The number of para-hydroxylation sites is 2. The van der Waals surface area contributed by atoms with Gasteiger partial charge in [0.25, 0.3) is 0 Å². The second kappa shape index (κ2) is 3.81. The van der Waals surface area contributed by atoms with E-state index in [4.69, 9.17) is 6.42 Å². The molecule has 0 saturated carbocycles. The second-order valence-corrected chi connectivity index (χ2v) is 4.75. The topological polar surface area (TPSA) is 48.5 Å². The Labute approximate surface area is 115 Å². The van der Waals surface area contributed by atoms with Crippen molar-refractivity contribution in [2.24, 2.45) is 0 Å². The molecule has 0 saturated heterocycles. The van der Waals surface area contributed by atoms with Gasteiger partial charge < -0.3 is 0 Å². The zero-order valence-corrected chi connectivity index (χ0v) is 10.9. The summed E-state index contributed by atoms with van der Waals surface area (Å²) in [6.07, 6.45) is 8.01. The first kappa shape index (κ1) is 11.0. The van der Waals surface area contributed by atoms with Crippen LogP contribution >= 0.6 is 0 Å². The zero-order chi connectivity index (χ0) is 13.7. The van der Waals surface area contributed by atoms with E-state index in [0.29, 0.717) is 12.1 Å².